The monoisotopic (exact) mass is 273 g/mol. The fourth-order valence-electron chi connectivity index (χ4n) is 1.31. The van der Waals surface area contributed by atoms with Crippen LogP contribution in [0.4, 0.5) is 0 Å². The highest BCUT2D eigenvalue weighted by Crippen LogP contribution is 2.26. The average molecular weight is 274 g/mol. The molecule has 1 N–H and O–H groups in total. The molecular weight excluding hydrogens is 262 g/mol. The molecule has 0 saturated heterocycles. The maximum Gasteiger partial charge on any atom is 0.131 e. The van der Waals surface area contributed by atoms with Crippen molar-refractivity contribution in [2.24, 2.45) is 0 Å². The molecule has 0 aliphatic carbocycles. The molecule has 0 bridgehead atoms. The highest BCUT2D eigenvalue weighted by Gasteiger charge is 2.08. The molecule has 1 atom stereocenters. The Bertz CT molecular complexity index is 466. The highest BCUT2D eigenvalue weighted by atomic mass is 35.5. The molecule has 0 amide bonds. The Balaban J connectivity index is 1.91. The van der Waals surface area contributed by atoms with E-state index in [1.807, 2.05) is 13.0 Å². The summed E-state index contributed by atoms with van der Waals surface area (Å²) in [5, 5.41) is 13.5. The van der Waals surface area contributed by atoms with Gasteiger partial charge >= 0.3 is 0 Å². The van der Waals surface area contributed by atoms with Crippen LogP contribution < -0.4 is 5.32 Å². The first kappa shape index (κ1) is 12.0. The Hall–Kier alpha value is -0.490. The second-order valence-corrected chi connectivity index (χ2v) is 6.47. The van der Waals surface area contributed by atoms with E-state index >= 15 is 0 Å². The fourth-order valence-corrected chi connectivity index (χ4v) is 3.06. The smallest absolute Gasteiger partial charge is 0.131 e. The molecule has 6 heteroatoms. The van der Waals surface area contributed by atoms with E-state index in [4.69, 9.17) is 11.6 Å². The summed E-state index contributed by atoms with van der Waals surface area (Å²) in [4.78, 5) is 1.24. The van der Waals surface area contributed by atoms with E-state index in [2.05, 4.69) is 28.5 Å². The van der Waals surface area contributed by atoms with Gasteiger partial charge in [0, 0.05) is 10.9 Å². The summed E-state index contributed by atoms with van der Waals surface area (Å²) in [6, 6.07) is 4.27. The maximum absolute atomic E-state index is 5.90. The molecule has 2 aromatic rings. The van der Waals surface area contributed by atoms with Crippen LogP contribution in [0.5, 0.6) is 0 Å². The molecule has 0 aromatic carbocycles. The standard InChI is InChI=1S/C10H12ClN3S2/c1-6(8-3-4-9(11)16-8)12-5-10-14-13-7(2)15-10/h3-4,6,12H,5H2,1-2H3/t6-/m1/s1. The van der Waals surface area contributed by atoms with Crippen molar-refractivity contribution in [1.82, 2.24) is 15.5 Å². The predicted molar refractivity (Wildman–Crippen MR) is 69.2 cm³/mol. The van der Waals surface area contributed by atoms with Crippen molar-refractivity contribution in [1.29, 1.82) is 0 Å². The van der Waals surface area contributed by atoms with Crippen LogP contribution in [0.1, 0.15) is 27.9 Å². The summed E-state index contributed by atoms with van der Waals surface area (Å²) < 4.78 is 0.829. The van der Waals surface area contributed by atoms with Crippen molar-refractivity contribution in [3.63, 3.8) is 0 Å². The largest absolute Gasteiger partial charge is 0.303 e. The van der Waals surface area contributed by atoms with Gasteiger partial charge < -0.3 is 5.32 Å². The Kier molecular flexibility index (Phi) is 3.91. The number of hydrogen-bond donors (Lipinski definition) is 1. The van der Waals surface area contributed by atoms with Crippen LogP contribution in [-0.4, -0.2) is 10.2 Å². The van der Waals surface area contributed by atoms with Crippen LogP contribution in [-0.2, 0) is 6.54 Å². The van der Waals surface area contributed by atoms with Crippen LogP contribution in [0.25, 0.3) is 0 Å². The van der Waals surface area contributed by atoms with Gasteiger partial charge in [0.1, 0.15) is 10.0 Å². The zero-order valence-corrected chi connectivity index (χ0v) is 11.4. The minimum Gasteiger partial charge on any atom is -0.303 e. The number of halogens is 1. The number of nitrogens with one attached hydrogen (secondary N) is 1. The number of aromatic nitrogens is 2. The summed E-state index contributed by atoms with van der Waals surface area (Å²) >= 11 is 9.12. The fraction of sp³-hybridized carbons (Fsp3) is 0.400. The molecule has 0 fully saturated rings. The summed E-state index contributed by atoms with van der Waals surface area (Å²) in [5.74, 6) is 0. The van der Waals surface area contributed by atoms with Gasteiger partial charge in [0.15, 0.2) is 0 Å². The van der Waals surface area contributed by atoms with Crippen molar-refractivity contribution in [3.8, 4) is 0 Å². The number of aryl methyl sites for hydroxylation is 1. The lowest BCUT2D eigenvalue weighted by atomic mass is 10.3. The first-order valence-corrected chi connectivity index (χ1v) is 6.94. The molecule has 0 aliphatic heterocycles. The van der Waals surface area contributed by atoms with Gasteiger partial charge in [-0.05, 0) is 26.0 Å². The molecular formula is C10H12ClN3S2. The average Bonchev–Trinajstić information content (AvgIpc) is 2.84. The Labute approximate surface area is 107 Å². The highest BCUT2D eigenvalue weighted by molar-refractivity contribution is 7.16. The topological polar surface area (TPSA) is 37.8 Å². The third-order valence-electron chi connectivity index (χ3n) is 2.15. The van der Waals surface area contributed by atoms with E-state index in [0.717, 1.165) is 20.9 Å². The van der Waals surface area contributed by atoms with Gasteiger partial charge in [-0.15, -0.1) is 32.9 Å². The third kappa shape index (κ3) is 3.01. The van der Waals surface area contributed by atoms with Gasteiger partial charge in [-0.25, -0.2) is 0 Å². The molecule has 2 aromatic heterocycles. The van der Waals surface area contributed by atoms with Crippen molar-refractivity contribution in [3.05, 3.63) is 31.4 Å². The van der Waals surface area contributed by atoms with E-state index in [9.17, 15) is 0 Å². The van der Waals surface area contributed by atoms with Gasteiger partial charge in [-0.1, -0.05) is 11.6 Å². The maximum atomic E-state index is 5.90. The molecule has 0 aliphatic rings. The van der Waals surface area contributed by atoms with Gasteiger partial charge in [-0.2, -0.15) is 0 Å². The lowest BCUT2D eigenvalue weighted by Crippen LogP contribution is -2.16. The molecule has 0 saturated carbocycles. The molecule has 0 spiro atoms. The zero-order valence-electron chi connectivity index (χ0n) is 9.03. The van der Waals surface area contributed by atoms with Crippen molar-refractivity contribution >= 4 is 34.3 Å². The van der Waals surface area contributed by atoms with E-state index in [-0.39, 0.29) is 0 Å². The number of nitrogens with zero attached hydrogens (tertiary/aromatic N) is 2. The first-order chi connectivity index (χ1) is 7.65. The minimum absolute atomic E-state index is 0.293. The second-order valence-electron chi connectivity index (χ2n) is 3.46. The number of hydrogen-bond acceptors (Lipinski definition) is 5. The molecule has 0 unspecified atom stereocenters. The molecule has 2 heterocycles. The summed E-state index contributed by atoms with van der Waals surface area (Å²) in [5.41, 5.74) is 0. The molecule has 86 valence electrons. The molecule has 3 nitrogen and oxygen atoms in total. The van der Waals surface area contributed by atoms with Gasteiger partial charge in [0.2, 0.25) is 0 Å². The van der Waals surface area contributed by atoms with Gasteiger partial charge in [0.25, 0.3) is 0 Å². The lowest BCUT2D eigenvalue weighted by Gasteiger charge is -2.09. The van der Waals surface area contributed by atoms with Crippen molar-refractivity contribution in [2.45, 2.75) is 26.4 Å². The van der Waals surface area contributed by atoms with Crippen LogP contribution >= 0.6 is 34.3 Å². The SMILES string of the molecule is Cc1nnc(CN[C@H](C)c2ccc(Cl)s2)s1. The molecule has 16 heavy (non-hydrogen) atoms. The van der Waals surface area contributed by atoms with E-state index in [1.165, 1.54) is 4.88 Å². The Morgan fingerprint density at radius 1 is 1.38 bits per heavy atom. The van der Waals surface area contributed by atoms with Crippen LogP contribution in [0.15, 0.2) is 12.1 Å². The quantitative estimate of drug-likeness (QED) is 0.928. The second kappa shape index (κ2) is 5.23. The van der Waals surface area contributed by atoms with Crippen molar-refractivity contribution in [2.75, 3.05) is 0 Å². The Morgan fingerprint density at radius 3 is 2.75 bits per heavy atom. The third-order valence-corrected chi connectivity index (χ3v) is 4.40. The number of rotatable bonds is 4. The molecule has 2 rings (SSSR count). The van der Waals surface area contributed by atoms with Crippen molar-refractivity contribution < 1.29 is 0 Å². The van der Waals surface area contributed by atoms with Crippen LogP contribution in [0, 0.1) is 6.92 Å². The number of thiophene rings is 1. The van der Waals surface area contributed by atoms with Crippen LogP contribution in [0.2, 0.25) is 4.34 Å². The minimum atomic E-state index is 0.293. The van der Waals surface area contributed by atoms with E-state index in [1.54, 1.807) is 22.7 Å². The lowest BCUT2D eigenvalue weighted by molar-refractivity contribution is 0.579. The normalized spacial score (nSPS) is 12.9. The first-order valence-electron chi connectivity index (χ1n) is 4.93. The van der Waals surface area contributed by atoms with E-state index < -0.39 is 0 Å². The summed E-state index contributed by atoms with van der Waals surface area (Å²) in [7, 11) is 0. The van der Waals surface area contributed by atoms with Crippen LogP contribution in [0.3, 0.4) is 0 Å². The Morgan fingerprint density at radius 2 is 2.19 bits per heavy atom. The zero-order chi connectivity index (χ0) is 11.5. The predicted octanol–water partition coefficient (Wildman–Crippen LogP) is 3.41. The summed E-state index contributed by atoms with van der Waals surface area (Å²) in [6.07, 6.45) is 0. The van der Waals surface area contributed by atoms with Gasteiger partial charge in [-0.3, -0.25) is 0 Å². The van der Waals surface area contributed by atoms with Gasteiger partial charge in [0.05, 0.1) is 10.9 Å². The van der Waals surface area contributed by atoms with E-state index in [0.29, 0.717) is 6.04 Å². The summed E-state index contributed by atoms with van der Waals surface area (Å²) in [6.45, 7) is 4.84. The molecule has 0 radical (unpaired) electrons.